The molecule has 2 aromatic rings. The summed E-state index contributed by atoms with van der Waals surface area (Å²) in [6, 6.07) is 6.22. The first-order chi connectivity index (χ1) is 10.1. The number of benzene rings is 1. The van der Waals surface area contributed by atoms with Crippen molar-refractivity contribution >= 4 is 11.6 Å². The fourth-order valence-electron chi connectivity index (χ4n) is 2.51. The maximum absolute atomic E-state index is 11.4. The van der Waals surface area contributed by atoms with Crippen LogP contribution in [0.4, 0.5) is 5.69 Å². The Morgan fingerprint density at radius 2 is 2.24 bits per heavy atom. The van der Waals surface area contributed by atoms with Crippen LogP contribution in [-0.4, -0.2) is 15.5 Å². The van der Waals surface area contributed by atoms with E-state index in [1.54, 1.807) is 0 Å². The number of ether oxygens (including phenoxy) is 1. The highest BCUT2D eigenvalue weighted by molar-refractivity contribution is 5.94. The molecule has 1 aliphatic heterocycles. The van der Waals surface area contributed by atoms with E-state index in [2.05, 4.69) is 28.7 Å². The summed E-state index contributed by atoms with van der Waals surface area (Å²) in [5.74, 6) is 0.824. The van der Waals surface area contributed by atoms with E-state index in [1.807, 2.05) is 30.7 Å². The number of aryl methyl sites for hydroxylation is 1. The molecule has 0 aliphatic carbocycles. The second kappa shape index (κ2) is 5.60. The van der Waals surface area contributed by atoms with Gasteiger partial charge in [-0.05, 0) is 31.9 Å². The van der Waals surface area contributed by atoms with Crippen LogP contribution in [0.1, 0.15) is 37.6 Å². The maximum Gasteiger partial charge on any atom is 0.224 e. The number of anilines is 1. The monoisotopic (exact) mass is 285 g/mol. The Morgan fingerprint density at radius 3 is 3.05 bits per heavy atom. The Kier molecular flexibility index (Phi) is 3.64. The van der Waals surface area contributed by atoms with E-state index in [1.165, 1.54) is 0 Å². The number of aromatic nitrogens is 2. The number of carbonyl (C=O) groups is 1. The third-order valence-electron chi connectivity index (χ3n) is 3.67. The van der Waals surface area contributed by atoms with Gasteiger partial charge in [0, 0.05) is 24.2 Å². The first-order valence-corrected chi connectivity index (χ1v) is 7.20. The smallest absolute Gasteiger partial charge is 0.224 e. The van der Waals surface area contributed by atoms with Gasteiger partial charge in [-0.25, -0.2) is 4.98 Å². The van der Waals surface area contributed by atoms with Gasteiger partial charge in [0.1, 0.15) is 12.4 Å². The van der Waals surface area contributed by atoms with Gasteiger partial charge in [0.05, 0.1) is 18.2 Å². The highest BCUT2D eigenvalue weighted by atomic mass is 16.5. The predicted molar refractivity (Wildman–Crippen MR) is 80.3 cm³/mol. The molecule has 5 nitrogen and oxygen atoms in total. The van der Waals surface area contributed by atoms with Gasteiger partial charge in [0.15, 0.2) is 0 Å². The standard InChI is InChI=1S/C16H19N3O2/c1-11(2)19-10-17-8-13(19)9-21-14-5-3-12-4-6-16(20)18-15(12)7-14/h3,5,7-8,10-11H,4,6,9H2,1-2H3,(H,18,20). The summed E-state index contributed by atoms with van der Waals surface area (Å²) < 4.78 is 7.91. The molecule has 0 fully saturated rings. The summed E-state index contributed by atoms with van der Waals surface area (Å²) in [6.45, 7) is 4.68. The van der Waals surface area contributed by atoms with E-state index in [4.69, 9.17) is 4.74 Å². The Bertz CT molecular complexity index is 661. The van der Waals surface area contributed by atoms with Gasteiger partial charge in [0.2, 0.25) is 5.91 Å². The lowest BCUT2D eigenvalue weighted by Crippen LogP contribution is -2.18. The number of hydrogen-bond donors (Lipinski definition) is 1. The van der Waals surface area contributed by atoms with Crippen LogP contribution in [0.3, 0.4) is 0 Å². The van der Waals surface area contributed by atoms with Crippen LogP contribution in [0.15, 0.2) is 30.7 Å². The number of nitrogens with zero attached hydrogens (tertiary/aromatic N) is 2. The molecule has 110 valence electrons. The zero-order valence-electron chi connectivity index (χ0n) is 12.3. The molecular weight excluding hydrogens is 266 g/mol. The first kappa shape index (κ1) is 13.7. The van der Waals surface area contributed by atoms with Crippen LogP contribution in [0.5, 0.6) is 5.75 Å². The predicted octanol–water partition coefficient (Wildman–Crippen LogP) is 2.93. The Balaban J connectivity index is 1.72. The van der Waals surface area contributed by atoms with E-state index in [9.17, 15) is 4.79 Å². The second-order valence-corrected chi connectivity index (χ2v) is 5.54. The molecule has 0 saturated heterocycles. The maximum atomic E-state index is 11.4. The molecule has 2 heterocycles. The number of imidazole rings is 1. The minimum atomic E-state index is 0.0672. The third kappa shape index (κ3) is 2.91. The van der Waals surface area contributed by atoms with Gasteiger partial charge in [-0.3, -0.25) is 4.79 Å². The van der Waals surface area contributed by atoms with Crippen LogP contribution < -0.4 is 10.1 Å². The van der Waals surface area contributed by atoms with Crippen molar-refractivity contribution in [1.82, 2.24) is 9.55 Å². The van der Waals surface area contributed by atoms with Gasteiger partial charge in [0.25, 0.3) is 0 Å². The number of nitrogens with one attached hydrogen (secondary N) is 1. The molecule has 0 atom stereocenters. The van der Waals surface area contributed by atoms with Crippen molar-refractivity contribution in [3.63, 3.8) is 0 Å². The summed E-state index contributed by atoms with van der Waals surface area (Å²) in [7, 11) is 0. The summed E-state index contributed by atoms with van der Waals surface area (Å²) >= 11 is 0. The normalized spacial score (nSPS) is 14.0. The Labute approximate surface area is 124 Å². The van der Waals surface area contributed by atoms with Crippen molar-refractivity contribution < 1.29 is 9.53 Å². The Morgan fingerprint density at radius 1 is 1.38 bits per heavy atom. The third-order valence-corrected chi connectivity index (χ3v) is 3.67. The molecule has 1 aromatic carbocycles. The molecule has 0 radical (unpaired) electrons. The molecule has 0 unspecified atom stereocenters. The zero-order valence-corrected chi connectivity index (χ0v) is 12.3. The number of rotatable bonds is 4. The minimum absolute atomic E-state index is 0.0672. The molecule has 1 aromatic heterocycles. The number of hydrogen-bond acceptors (Lipinski definition) is 3. The van der Waals surface area contributed by atoms with Crippen molar-refractivity contribution in [1.29, 1.82) is 0 Å². The summed E-state index contributed by atoms with van der Waals surface area (Å²) in [6.07, 6.45) is 4.99. The topological polar surface area (TPSA) is 56.1 Å². The van der Waals surface area contributed by atoms with Crippen LogP contribution >= 0.6 is 0 Å². The number of amides is 1. The number of carbonyl (C=O) groups excluding carboxylic acids is 1. The van der Waals surface area contributed by atoms with Gasteiger partial charge in [-0.2, -0.15) is 0 Å². The van der Waals surface area contributed by atoms with Crippen molar-refractivity contribution in [3.05, 3.63) is 42.0 Å². The van der Waals surface area contributed by atoms with Crippen molar-refractivity contribution in [3.8, 4) is 5.75 Å². The first-order valence-electron chi connectivity index (χ1n) is 7.20. The van der Waals surface area contributed by atoms with Crippen molar-refractivity contribution in [2.24, 2.45) is 0 Å². The average molecular weight is 285 g/mol. The number of fused-ring (bicyclic) bond motifs is 1. The molecule has 0 saturated carbocycles. The van der Waals surface area contributed by atoms with Gasteiger partial charge in [-0.1, -0.05) is 6.07 Å². The van der Waals surface area contributed by atoms with E-state index in [0.29, 0.717) is 19.1 Å². The molecule has 1 amide bonds. The SMILES string of the molecule is CC(C)n1cncc1COc1ccc2c(c1)NC(=O)CC2. The Hall–Kier alpha value is -2.30. The quantitative estimate of drug-likeness (QED) is 0.939. The van der Waals surface area contributed by atoms with E-state index in [0.717, 1.165) is 29.1 Å². The van der Waals surface area contributed by atoms with Crippen LogP contribution in [-0.2, 0) is 17.8 Å². The summed E-state index contributed by atoms with van der Waals surface area (Å²) in [5, 5.41) is 2.89. The highest BCUT2D eigenvalue weighted by Gasteiger charge is 2.15. The summed E-state index contributed by atoms with van der Waals surface area (Å²) in [5.41, 5.74) is 3.06. The van der Waals surface area contributed by atoms with Crippen LogP contribution in [0.25, 0.3) is 0 Å². The lowest BCUT2D eigenvalue weighted by molar-refractivity contribution is -0.116. The zero-order chi connectivity index (χ0) is 14.8. The largest absolute Gasteiger partial charge is 0.487 e. The van der Waals surface area contributed by atoms with E-state index < -0.39 is 0 Å². The van der Waals surface area contributed by atoms with E-state index in [-0.39, 0.29) is 5.91 Å². The molecule has 5 heteroatoms. The van der Waals surface area contributed by atoms with E-state index >= 15 is 0 Å². The fraction of sp³-hybridized carbons (Fsp3) is 0.375. The highest BCUT2D eigenvalue weighted by Crippen LogP contribution is 2.27. The van der Waals surface area contributed by atoms with Crippen LogP contribution in [0, 0.1) is 0 Å². The van der Waals surface area contributed by atoms with Crippen molar-refractivity contribution in [2.75, 3.05) is 5.32 Å². The van der Waals surface area contributed by atoms with Gasteiger partial charge >= 0.3 is 0 Å². The lowest BCUT2D eigenvalue weighted by atomic mass is 10.0. The lowest BCUT2D eigenvalue weighted by Gasteiger charge is -2.18. The molecule has 1 N–H and O–H groups in total. The molecular formula is C16H19N3O2. The van der Waals surface area contributed by atoms with Crippen LogP contribution in [0.2, 0.25) is 0 Å². The fourth-order valence-corrected chi connectivity index (χ4v) is 2.51. The molecule has 0 bridgehead atoms. The van der Waals surface area contributed by atoms with Gasteiger partial charge in [-0.15, -0.1) is 0 Å². The molecule has 0 spiro atoms. The summed E-state index contributed by atoms with van der Waals surface area (Å²) in [4.78, 5) is 15.6. The van der Waals surface area contributed by atoms with Gasteiger partial charge < -0.3 is 14.6 Å². The second-order valence-electron chi connectivity index (χ2n) is 5.54. The molecule has 3 rings (SSSR count). The van der Waals surface area contributed by atoms with Crippen molar-refractivity contribution in [2.45, 2.75) is 39.3 Å². The molecule has 21 heavy (non-hydrogen) atoms. The average Bonchev–Trinajstić information content (AvgIpc) is 2.93. The molecule has 1 aliphatic rings. The minimum Gasteiger partial charge on any atom is -0.487 e.